The second-order valence-electron chi connectivity index (χ2n) is 6.04. The lowest BCUT2D eigenvalue weighted by Crippen LogP contribution is -2.33. The molecule has 0 saturated carbocycles. The van der Waals surface area contributed by atoms with E-state index in [0.29, 0.717) is 18.8 Å². The van der Waals surface area contributed by atoms with Gasteiger partial charge in [0.05, 0.1) is 23.9 Å². The molecule has 1 aliphatic rings. The number of benzene rings is 1. The first-order chi connectivity index (χ1) is 11.4. The number of nitrogens with one attached hydrogen (secondary N) is 1. The summed E-state index contributed by atoms with van der Waals surface area (Å²) < 4.78 is 1.73. The van der Waals surface area contributed by atoms with Gasteiger partial charge in [-0.2, -0.15) is 5.10 Å². The van der Waals surface area contributed by atoms with Crippen molar-refractivity contribution in [1.82, 2.24) is 15.1 Å². The van der Waals surface area contributed by atoms with Crippen LogP contribution in [0.3, 0.4) is 0 Å². The zero-order valence-corrected chi connectivity index (χ0v) is 13.7. The summed E-state index contributed by atoms with van der Waals surface area (Å²) in [4.78, 5) is 26.1. The molecule has 2 heterocycles. The molecule has 1 atom stereocenters. The van der Waals surface area contributed by atoms with Crippen LogP contribution in [-0.2, 0) is 23.2 Å². The fraction of sp³-hybridized carbons (Fsp3) is 0.353. The van der Waals surface area contributed by atoms with Crippen LogP contribution >= 0.6 is 0 Å². The minimum absolute atomic E-state index is 0.0859. The molecular weight excluding hydrogens is 308 g/mol. The van der Waals surface area contributed by atoms with Crippen molar-refractivity contribution in [3.63, 3.8) is 0 Å². The molecular formula is C17H20N4O3. The van der Waals surface area contributed by atoms with E-state index >= 15 is 0 Å². The van der Waals surface area contributed by atoms with Crippen LogP contribution in [0.1, 0.15) is 17.8 Å². The van der Waals surface area contributed by atoms with Crippen molar-refractivity contribution in [1.29, 1.82) is 0 Å². The first-order valence-corrected chi connectivity index (χ1v) is 7.80. The lowest BCUT2D eigenvalue weighted by molar-refractivity contribution is -0.126. The second-order valence-corrected chi connectivity index (χ2v) is 6.04. The number of aromatic nitrogens is 2. The average Bonchev–Trinajstić information content (AvgIpc) is 3.08. The Balaban J connectivity index is 1.61. The van der Waals surface area contributed by atoms with Crippen LogP contribution in [0, 0.1) is 12.8 Å². The molecule has 2 amide bonds. The van der Waals surface area contributed by atoms with E-state index < -0.39 is 0 Å². The molecule has 0 aliphatic carbocycles. The Morgan fingerprint density at radius 3 is 2.71 bits per heavy atom. The quantitative estimate of drug-likeness (QED) is 0.880. The normalized spacial score (nSPS) is 17.3. The molecule has 126 valence electrons. The summed E-state index contributed by atoms with van der Waals surface area (Å²) in [6.45, 7) is 2.64. The van der Waals surface area contributed by atoms with Crippen LogP contribution in [0.4, 0.5) is 5.69 Å². The number of rotatable bonds is 4. The predicted octanol–water partition coefficient (Wildman–Crippen LogP) is 1.10. The summed E-state index contributed by atoms with van der Waals surface area (Å²) in [7, 11) is 1.83. The Bertz CT molecular complexity index is 767. The minimum atomic E-state index is -0.374. The third-order valence-corrected chi connectivity index (χ3v) is 4.20. The van der Waals surface area contributed by atoms with Crippen molar-refractivity contribution in [2.45, 2.75) is 19.9 Å². The van der Waals surface area contributed by atoms with Crippen LogP contribution in [0.2, 0.25) is 0 Å². The molecule has 2 aromatic rings. The van der Waals surface area contributed by atoms with Crippen molar-refractivity contribution >= 4 is 17.5 Å². The summed E-state index contributed by atoms with van der Waals surface area (Å²) in [6.07, 6.45) is 0.192. The minimum Gasteiger partial charge on any atom is -0.508 e. The van der Waals surface area contributed by atoms with Crippen LogP contribution in [0.5, 0.6) is 5.75 Å². The zero-order valence-electron chi connectivity index (χ0n) is 13.7. The summed E-state index contributed by atoms with van der Waals surface area (Å²) in [5.74, 6) is -0.451. The largest absolute Gasteiger partial charge is 0.508 e. The van der Waals surface area contributed by atoms with Gasteiger partial charge in [-0.15, -0.1) is 0 Å². The number of amides is 2. The van der Waals surface area contributed by atoms with E-state index in [2.05, 4.69) is 10.4 Å². The number of aryl methyl sites for hydroxylation is 2. The van der Waals surface area contributed by atoms with Gasteiger partial charge in [-0.05, 0) is 37.3 Å². The van der Waals surface area contributed by atoms with Crippen LogP contribution in [0.15, 0.2) is 30.3 Å². The maximum atomic E-state index is 12.4. The summed E-state index contributed by atoms with van der Waals surface area (Å²) in [5.41, 5.74) is 2.51. The van der Waals surface area contributed by atoms with E-state index in [-0.39, 0.29) is 29.9 Å². The Hall–Kier alpha value is -2.83. The molecule has 0 bridgehead atoms. The first kappa shape index (κ1) is 16.0. The highest BCUT2D eigenvalue weighted by molar-refractivity contribution is 6.00. The summed E-state index contributed by atoms with van der Waals surface area (Å²) in [6, 6.07) is 8.32. The molecule has 2 N–H and O–H groups in total. The summed E-state index contributed by atoms with van der Waals surface area (Å²) in [5, 5.41) is 16.5. The summed E-state index contributed by atoms with van der Waals surface area (Å²) >= 11 is 0. The van der Waals surface area contributed by atoms with E-state index in [1.165, 1.54) is 12.1 Å². The zero-order chi connectivity index (χ0) is 17.3. The molecule has 1 fully saturated rings. The number of nitrogens with zero attached hydrogens (tertiary/aromatic N) is 3. The van der Waals surface area contributed by atoms with E-state index in [1.807, 2.05) is 20.0 Å². The highest BCUT2D eigenvalue weighted by atomic mass is 16.3. The monoisotopic (exact) mass is 328 g/mol. The number of phenols is 1. The third kappa shape index (κ3) is 3.24. The Labute approximate surface area is 139 Å². The molecule has 3 rings (SSSR count). The van der Waals surface area contributed by atoms with Gasteiger partial charge in [-0.25, -0.2) is 0 Å². The van der Waals surface area contributed by atoms with Crippen molar-refractivity contribution in [3.05, 3.63) is 41.7 Å². The highest BCUT2D eigenvalue weighted by Gasteiger charge is 2.35. The number of hydrogen-bond donors (Lipinski definition) is 2. The SMILES string of the molecule is Cc1cc(CNC(=O)C2CC(=O)N(c3ccc(O)cc3)C2)n(C)n1. The van der Waals surface area contributed by atoms with E-state index in [0.717, 1.165) is 11.4 Å². The van der Waals surface area contributed by atoms with Crippen LogP contribution < -0.4 is 10.2 Å². The number of anilines is 1. The van der Waals surface area contributed by atoms with E-state index in [1.54, 1.807) is 21.7 Å². The van der Waals surface area contributed by atoms with E-state index in [4.69, 9.17) is 0 Å². The van der Waals surface area contributed by atoms with E-state index in [9.17, 15) is 14.7 Å². The molecule has 1 saturated heterocycles. The molecule has 24 heavy (non-hydrogen) atoms. The molecule has 0 spiro atoms. The predicted molar refractivity (Wildman–Crippen MR) is 88.4 cm³/mol. The Kier molecular flexibility index (Phi) is 4.24. The van der Waals surface area contributed by atoms with Gasteiger partial charge < -0.3 is 15.3 Å². The lowest BCUT2D eigenvalue weighted by Gasteiger charge is -2.16. The second kappa shape index (κ2) is 6.35. The molecule has 0 radical (unpaired) electrons. The highest BCUT2D eigenvalue weighted by Crippen LogP contribution is 2.26. The van der Waals surface area contributed by atoms with Gasteiger partial charge in [0.1, 0.15) is 5.75 Å². The van der Waals surface area contributed by atoms with Gasteiger partial charge in [-0.1, -0.05) is 0 Å². The Morgan fingerprint density at radius 2 is 2.08 bits per heavy atom. The smallest absolute Gasteiger partial charge is 0.227 e. The standard InChI is InChI=1S/C17H20N4O3/c1-11-7-14(20(2)19-11)9-18-17(24)12-8-16(23)21(10-12)13-3-5-15(22)6-4-13/h3-7,12,22H,8-10H2,1-2H3,(H,18,24). The maximum absolute atomic E-state index is 12.4. The topological polar surface area (TPSA) is 87.5 Å². The van der Waals surface area contributed by atoms with Gasteiger partial charge in [0.2, 0.25) is 11.8 Å². The number of carbonyl (C=O) groups is 2. The number of carbonyl (C=O) groups excluding carboxylic acids is 2. The third-order valence-electron chi connectivity index (χ3n) is 4.20. The van der Waals surface area contributed by atoms with Crippen molar-refractivity contribution in [2.24, 2.45) is 13.0 Å². The number of aromatic hydroxyl groups is 1. The van der Waals surface area contributed by atoms with Crippen molar-refractivity contribution in [2.75, 3.05) is 11.4 Å². The molecule has 1 aliphatic heterocycles. The molecule has 1 unspecified atom stereocenters. The number of hydrogen-bond acceptors (Lipinski definition) is 4. The lowest BCUT2D eigenvalue weighted by atomic mass is 10.1. The van der Waals surface area contributed by atoms with Crippen molar-refractivity contribution in [3.8, 4) is 5.75 Å². The molecule has 7 nitrogen and oxygen atoms in total. The van der Waals surface area contributed by atoms with Gasteiger partial charge in [0.15, 0.2) is 0 Å². The van der Waals surface area contributed by atoms with Gasteiger partial charge in [0, 0.05) is 25.7 Å². The molecule has 1 aromatic carbocycles. The molecule has 7 heteroatoms. The van der Waals surface area contributed by atoms with Crippen LogP contribution in [0.25, 0.3) is 0 Å². The fourth-order valence-corrected chi connectivity index (χ4v) is 2.92. The fourth-order valence-electron chi connectivity index (χ4n) is 2.92. The van der Waals surface area contributed by atoms with Crippen molar-refractivity contribution < 1.29 is 14.7 Å². The average molecular weight is 328 g/mol. The van der Waals surface area contributed by atoms with Gasteiger partial charge >= 0.3 is 0 Å². The number of phenolic OH excluding ortho intramolecular Hbond substituents is 1. The maximum Gasteiger partial charge on any atom is 0.227 e. The Morgan fingerprint density at radius 1 is 1.38 bits per heavy atom. The first-order valence-electron chi connectivity index (χ1n) is 7.80. The van der Waals surface area contributed by atoms with Crippen LogP contribution in [-0.4, -0.2) is 33.2 Å². The van der Waals surface area contributed by atoms with Gasteiger partial charge in [-0.3, -0.25) is 14.3 Å². The molecule has 1 aromatic heterocycles. The van der Waals surface area contributed by atoms with Gasteiger partial charge in [0.25, 0.3) is 0 Å².